The maximum absolute atomic E-state index is 5.38. The van der Waals surface area contributed by atoms with Gasteiger partial charge in [0.2, 0.25) is 6.79 Å². The van der Waals surface area contributed by atoms with E-state index in [1.807, 2.05) is 12.1 Å². The Labute approximate surface area is 102 Å². The largest absolute Gasteiger partial charge is 0.454 e. The molecule has 0 aromatic heterocycles. The summed E-state index contributed by atoms with van der Waals surface area (Å²) >= 11 is 0. The van der Waals surface area contributed by atoms with Crippen molar-refractivity contribution in [3.05, 3.63) is 18.2 Å². The van der Waals surface area contributed by atoms with Crippen molar-refractivity contribution >= 4 is 5.69 Å². The molecule has 2 unspecified atom stereocenters. The third-order valence-electron chi connectivity index (χ3n) is 3.86. The van der Waals surface area contributed by atoms with Gasteiger partial charge in [0.1, 0.15) is 0 Å². The first-order valence-corrected chi connectivity index (χ1v) is 6.51. The molecule has 0 radical (unpaired) electrons. The Morgan fingerprint density at radius 2 is 2.12 bits per heavy atom. The highest BCUT2D eigenvalue weighted by molar-refractivity contribution is 5.56. The van der Waals surface area contributed by atoms with Crippen LogP contribution in [0, 0.1) is 5.92 Å². The maximum Gasteiger partial charge on any atom is 0.231 e. The van der Waals surface area contributed by atoms with Gasteiger partial charge in [0, 0.05) is 17.8 Å². The normalized spacial score (nSPS) is 26.2. The molecule has 92 valence electrons. The molecule has 1 aliphatic heterocycles. The van der Waals surface area contributed by atoms with Gasteiger partial charge in [0.05, 0.1) is 0 Å². The van der Waals surface area contributed by atoms with Crippen molar-refractivity contribution in [2.75, 3.05) is 12.1 Å². The second kappa shape index (κ2) is 4.47. The van der Waals surface area contributed by atoms with Crippen molar-refractivity contribution in [2.24, 2.45) is 5.92 Å². The molecule has 0 spiro atoms. The number of nitrogens with one attached hydrogen (secondary N) is 1. The molecule has 3 rings (SSSR count). The first kappa shape index (κ1) is 10.8. The Morgan fingerprint density at radius 1 is 1.24 bits per heavy atom. The minimum Gasteiger partial charge on any atom is -0.454 e. The highest BCUT2D eigenvalue weighted by atomic mass is 16.7. The van der Waals surface area contributed by atoms with Crippen molar-refractivity contribution in [2.45, 2.75) is 38.6 Å². The number of hydrogen-bond donors (Lipinski definition) is 1. The summed E-state index contributed by atoms with van der Waals surface area (Å²) in [6.45, 7) is 2.63. The van der Waals surface area contributed by atoms with Crippen LogP contribution in [0.3, 0.4) is 0 Å². The molecule has 1 heterocycles. The van der Waals surface area contributed by atoms with Crippen molar-refractivity contribution in [3.63, 3.8) is 0 Å². The van der Waals surface area contributed by atoms with Crippen LogP contribution in [-0.2, 0) is 0 Å². The van der Waals surface area contributed by atoms with Gasteiger partial charge in [0.25, 0.3) is 0 Å². The van der Waals surface area contributed by atoms with Crippen LogP contribution in [0.4, 0.5) is 5.69 Å². The summed E-state index contributed by atoms with van der Waals surface area (Å²) in [7, 11) is 0. The Bertz CT molecular complexity index is 405. The number of ether oxygens (including phenoxy) is 2. The molecule has 2 atom stereocenters. The van der Waals surface area contributed by atoms with Gasteiger partial charge >= 0.3 is 0 Å². The van der Waals surface area contributed by atoms with Crippen molar-refractivity contribution in [3.8, 4) is 11.5 Å². The van der Waals surface area contributed by atoms with Crippen molar-refractivity contribution in [1.82, 2.24) is 0 Å². The zero-order valence-electron chi connectivity index (χ0n) is 10.2. The standard InChI is InChI=1S/C14H19NO2/c1-2-10-3-4-11(7-10)15-12-5-6-13-14(8-12)17-9-16-13/h5-6,8,10-11,15H,2-4,7,9H2,1H3. The molecule has 3 heteroatoms. The van der Waals surface area contributed by atoms with Crippen molar-refractivity contribution in [1.29, 1.82) is 0 Å². The van der Waals surface area contributed by atoms with Gasteiger partial charge in [-0.15, -0.1) is 0 Å². The molecule has 2 aliphatic rings. The molecule has 1 aromatic carbocycles. The van der Waals surface area contributed by atoms with E-state index < -0.39 is 0 Å². The first-order chi connectivity index (χ1) is 8.35. The molecular formula is C14H19NO2. The lowest BCUT2D eigenvalue weighted by molar-refractivity contribution is 0.174. The zero-order valence-corrected chi connectivity index (χ0v) is 10.2. The minimum atomic E-state index is 0.347. The fourth-order valence-electron chi connectivity index (χ4n) is 2.80. The van der Waals surface area contributed by atoms with Gasteiger partial charge < -0.3 is 14.8 Å². The average molecular weight is 233 g/mol. The molecule has 17 heavy (non-hydrogen) atoms. The van der Waals surface area contributed by atoms with Crippen LogP contribution in [0.5, 0.6) is 11.5 Å². The van der Waals surface area contributed by atoms with Gasteiger partial charge in [-0.05, 0) is 37.3 Å². The molecule has 0 bridgehead atoms. The lowest BCUT2D eigenvalue weighted by Crippen LogP contribution is -2.15. The monoisotopic (exact) mass is 233 g/mol. The Morgan fingerprint density at radius 3 is 2.94 bits per heavy atom. The van der Waals surface area contributed by atoms with Crippen LogP contribution in [-0.4, -0.2) is 12.8 Å². The third kappa shape index (κ3) is 2.19. The summed E-state index contributed by atoms with van der Waals surface area (Å²) in [6, 6.07) is 6.73. The van der Waals surface area contributed by atoms with E-state index in [4.69, 9.17) is 9.47 Å². The Hall–Kier alpha value is -1.38. The number of anilines is 1. The summed E-state index contributed by atoms with van der Waals surface area (Å²) in [5.74, 6) is 2.62. The second-order valence-corrected chi connectivity index (χ2v) is 5.00. The Kier molecular flexibility index (Phi) is 2.83. The van der Waals surface area contributed by atoms with Crippen LogP contribution >= 0.6 is 0 Å². The quantitative estimate of drug-likeness (QED) is 0.867. The summed E-state index contributed by atoms with van der Waals surface area (Å²) < 4.78 is 10.7. The van der Waals surface area contributed by atoms with Crippen LogP contribution in [0.25, 0.3) is 0 Å². The predicted octanol–water partition coefficient (Wildman–Crippen LogP) is 3.41. The molecular weight excluding hydrogens is 214 g/mol. The van der Waals surface area contributed by atoms with E-state index in [0.717, 1.165) is 23.1 Å². The van der Waals surface area contributed by atoms with E-state index in [2.05, 4.69) is 18.3 Å². The zero-order chi connectivity index (χ0) is 11.7. The highest BCUT2D eigenvalue weighted by Gasteiger charge is 2.23. The smallest absolute Gasteiger partial charge is 0.231 e. The van der Waals surface area contributed by atoms with E-state index in [1.54, 1.807) is 0 Å². The van der Waals surface area contributed by atoms with E-state index in [9.17, 15) is 0 Å². The predicted molar refractivity (Wildman–Crippen MR) is 67.6 cm³/mol. The van der Waals surface area contributed by atoms with Crippen molar-refractivity contribution < 1.29 is 9.47 Å². The molecule has 1 fully saturated rings. The van der Waals surface area contributed by atoms with Crippen LogP contribution in [0.2, 0.25) is 0 Å². The van der Waals surface area contributed by atoms with E-state index >= 15 is 0 Å². The Balaban J connectivity index is 1.65. The molecule has 0 saturated heterocycles. The summed E-state index contributed by atoms with van der Waals surface area (Å²) in [4.78, 5) is 0. The number of benzene rings is 1. The first-order valence-electron chi connectivity index (χ1n) is 6.51. The highest BCUT2D eigenvalue weighted by Crippen LogP contribution is 2.36. The second-order valence-electron chi connectivity index (χ2n) is 5.00. The summed E-state index contributed by atoms with van der Waals surface area (Å²) in [5.41, 5.74) is 1.15. The van der Waals surface area contributed by atoms with E-state index in [0.29, 0.717) is 12.8 Å². The molecule has 0 amide bonds. The number of hydrogen-bond acceptors (Lipinski definition) is 3. The fourth-order valence-corrected chi connectivity index (χ4v) is 2.80. The van der Waals surface area contributed by atoms with E-state index in [-0.39, 0.29) is 0 Å². The number of rotatable bonds is 3. The van der Waals surface area contributed by atoms with Gasteiger partial charge in [0.15, 0.2) is 11.5 Å². The van der Waals surface area contributed by atoms with Gasteiger partial charge in [-0.1, -0.05) is 13.3 Å². The molecule has 3 nitrogen and oxygen atoms in total. The topological polar surface area (TPSA) is 30.5 Å². The molecule has 1 aliphatic carbocycles. The van der Waals surface area contributed by atoms with Crippen LogP contribution in [0.1, 0.15) is 32.6 Å². The third-order valence-corrected chi connectivity index (χ3v) is 3.86. The van der Waals surface area contributed by atoms with E-state index in [1.165, 1.54) is 25.7 Å². The molecule has 1 saturated carbocycles. The van der Waals surface area contributed by atoms with Gasteiger partial charge in [-0.2, -0.15) is 0 Å². The summed E-state index contributed by atoms with van der Waals surface area (Å²) in [6.07, 6.45) is 5.25. The van der Waals surface area contributed by atoms with Crippen LogP contribution < -0.4 is 14.8 Å². The number of fused-ring (bicyclic) bond motifs is 1. The summed E-state index contributed by atoms with van der Waals surface area (Å²) in [5, 5.41) is 3.60. The molecule has 1 aromatic rings. The molecule has 1 N–H and O–H groups in total. The SMILES string of the molecule is CCC1CCC(Nc2ccc3c(c2)OCO3)C1. The maximum atomic E-state index is 5.38. The van der Waals surface area contributed by atoms with Crippen LogP contribution in [0.15, 0.2) is 18.2 Å². The minimum absolute atomic E-state index is 0.347. The average Bonchev–Trinajstić information content (AvgIpc) is 2.96. The lowest BCUT2D eigenvalue weighted by atomic mass is 10.1. The lowest BCUT2D eigenvalue weighted by Gasteiger charge is -2.14. The fraction of sp³-hybridized carbons (Fsp3) is 0.571. The van der Waals surface area contributed by atoms with Gasteiger partial charge in [-0.25, -0.2) is 0 Å². The van der Waals surface area contributed by atoms with Gasteiger partial charge in [-0.3, -0.25) is 0 Å².